The zero-order valence-electron chi connectivity index (χ0n) is 16.7. The Hall–Kier alpha value is -2.29. The molecule has 156 valence electrons. The fourth-order valence-electron chi connectivity index (χ4n) is 3.41. The number of pyridine rings is 1. The van der Waals surface area contributed by atoms with E-state index in [1.165, 1.54) is 29.6 Å². The number of thioether (sulfide) groups is 2. The minimum atomic E-state index is -0.979. The van der Waals surface area contributed by atoms with Gasteiger partial charge in [0, 0.05) is 19.7 Å². The number of carbonyl (C=O) groups excluding carboxylic acids is 1. The van der Waals surface area contributed by atoms with Gasteiger partial charge < -0.3 is 14.9 Å². The van der Waals surface area contributed by atoms with Crippen LogP contribution < -0.4 is 4.90 Å². The lowest BCUT2D eigenvalue weighted by atomic mass is 10.2. The fourth-order valence-corrected chi connectivity index (χ4v) is 5.91. The summed E-state index contributed by atoms with van der Waals surface area (Å²) in [6.07, 6.45) is 3.81. The number of benzene rings is 1. The van der Waals surface area contributed by atoms with Gasteiger partial charge in [-0.2, -0.15) is 0 Å². The predicted molar refractivity (Wildman–Crippen MR) is 120 cm³/mol. The summed E-state index contributed by atoms with van der Waals surface area (Å²) < 4.78 is 14.3. The summed E-state index contributed by atoms with van der Waals surface area (Å²) in [5.74, 6) is -0.214. The van der Waals surface area contributed by atoms with Crippen LogP contribution in [-0.2, 0) is 4.79 Å². The van der Waals surface area contributed by atoms with Gasteiger partial charge in [-0.3, -0.25) is 9.78 Å². The topological polar surface area (TPSA) is 56.7 Å². The Morgan fingerprint density at radius 1 is 1.27 bits per heavy atom. The summed E-state index contributed by atoms with van der Waals surface area (Å²) >= 11 is 2.71. The summed E-state index contributed by atoms with van der Waals surface area (Å²) in [5.41, 5.74) is 1.51. The van der Waals surface area contributed by atoms with Gasteiger partial charge in [-0.05, 0) is 36.8 Å². The second-order valence-corrected chi connectivity index (χ2v) is 9.11. The van der Waals surface area contributed by atoms with E-state index in [2.05, 4.69) is 4.98 Å². The Morgan fingerprint density at radius 2 is 2.10 bits per heavy atom. The third kappa shape index (κ3) is 3.99. The molecule has 0 spiro atoms. The second kappa shape index (κ2) is 8.83. The molecule has 1 unspecified atom stereocenters. The standard InChI is InChI=1S/C22H22FN3O2S2/c1-3-7-15(27)13-26-18(12-14-8-4-5-11-24-14)29-20(21(26)28)22-25(2)17-10-6-9-16(23)19(17)30-22/h4-6,8-12,21,28H,3,7,13H2,1-2H3. The normalized spacial score (nSPS) is 22.1. The molecule has 1 N–H and O–H groups in total. The van der Waals surface area contributed by atoms with Crippen molar-refractivity contribution in [2.24, 2.45) is 0 Å². The number of aliphatic hydroxyl groups excluding tert-OH is 1. The van der Waals surface area contributed by atoms with Gasteiger partial charge >= 0.3 is 0 Å². The number of hydrogen-bond acceptors (Lipinski definition) is 7. The van der Waals surface area contributed by atoms with Gasteiger partial charge in [0.05, 0.1) is 37.8 Å². The van der Waals surface area contributed by atoms with Crippen LogP contribution >= 0.6 is 23.5 Å². The number of Topliss-reactive ketones (excluding diaryl/α,β-unsaturated/α-hetero) is 1. The summed E-state index contributed by atoms with van der Waals surface area (Å²) in [5, 5.41) is 12.7. The van der Waals surface area contributed by atoms with E-state index in [1.807, 2.05) is 49.2 Å². The number of rotatable bonds is 5. The van der Waals surface area contributed by atoms with Gasteiger partial charge in [0.2, 0.25) is 0 Å². The van der Waals surface area contributed by atoms with Crippen LogP contribution in [0.5, 0.6) is 0 Å². The van der Waals surface area contributed by atoms with E-state index < -0.39 is 6.23 Å². The number of ketones is 1. The predicted octanol–water partition coefficient (Wildman–Crippen LogP) is 4.67. The van der Waals surface area contributed by atoms with Crippen molar-refractivity contribution in [3.05, 3.63) is 69.1 Å². The maximum absolute atomic E-state index is 14.3. The van der Waals surface area contributed by atoms with Gasteiger partial charge in [0.25, 0.3) is 0 Å². The molecule has 2 aromatic rings. The van der Waals surface area contributed by atoms with Gasteiger partial charge in [-0.15, -0.1) is 0 Å². The fraction of sp³-hybridized carbons (Fsp3) is 0.273. The van der Waals surface area contributed by atoms with Crippen LogP contribution in [0.1, 0.15) is 25.5 Å². The molecule has 0 amide bonds. The van der Waals surface area contributed by atoms with Crippen molar-refractivity contribution in [1.29, 1.82) is 0 Å². The molecule has 1 aromatic carbocycles. The number of halogens is 1. The van der Waals surface area contributed by atoms with Crippen LogP contribution in [0, 0.1) is 5.82 Å². The molecule has 8 heteroatoms. The third-order valence-corrected chi connectivity index (χ3v) is 7.49. The molecular weight excluding hydrogens is 421 g/mol. The molecule has 2 aliphatic heterocycles. The molecule has 1 atom stereocenters. The first-order valence-electron chi connectivity index (χ1n) is 9.70. The molecule has 1 saturated heterocycles. The Labute approximate surface area is 183 Å². The number of aromatic nitrogens is 1. The first-order valence-corrected chi connectivity index (χ1v) is 11.3. The molecule has 4 rings (SSSR count). The molecule has 1 aromatic heterocycles. The lowest BCUT2D eigenvalue weighted by molar-refractivity contribution is -0.121. The zero-order valence-corrected chi connectivity index (χ0v) is 18.3. The number of carbonyl (C=O) groups is 1. The van der Waals surface area contributed by atoms with E-state index in [1.54, 1.807) is 17.2 Å². The Kier molecular flexibility index (Phi) is 6.17. The minimum Gasteiger partial charge on any atom is -0.369 e. The van der Waals surface area contributed by atoms with E-state index in [4.69, 9.17) is 0 Å². The number of hydrogen-bond donors (Lipinski definition) is 1. The van der Waals surface area contributed by atoms with Crippen molar-refractivity contribution >= 4 is 41.1 Å². The van der Waals surface area contributed by atoms with Gasteiger partial charge in [-0.25, -0.2) is 4.39 Å². The highest BCUT2D eigenvalue weighted by Crippen LogP contribution is 2.53. The van der Waals surface area contributed by atoms with Crippen LogP contribution in [-0.4, -0.2) is 40.6 Å². The minimum absolute atomic E-state index is 0.0667. The average molecular weight is 444 g/mol. The van der Waals surface area contributed by atoms with E-state index in [9.17, 15) is 14.3 Å². The molecule has 3 heterocycles. The van der Waals surface area contributed by atoms with E-state index in [0.29, 0.717) is 16.2 Å². The van der Waals surface area contributed by atoms with Crippen LogP contribution in [0.4, 0.5) is 10.1 Å². The van der Waals surface area contributed by atoms with Crippen molar-refractivity contribution in [2.45, 2.75) is 30.9 Å². The average Bonchev–Trinajstić information content (AvgIpc) is 3.22. The third-order valence-electron chi connectivity index (χ3n) is 4.88. The lowest BCUT2D eigenvalue weighted by Gasteiger charge is -2.23. The monoisotopic (exact) mass is 443 g/mol. The number of aliphatic hydroxyl groups is 1. The van der Waals surface area contributed by atoms with Crippen molar-refractivity contribution < 1.29 is 14.3 Å². The first-order chi connectivity index (χ1) is 14.5. The quantitative estimate of drug-likeness (QED) is 0.721. The second-order valence-electron chi connectivity index (χ2n) is 7.05. The first kappa shape index (κ1) is 21.0. The highest BCUT2D eigenvalue weighted by Gasteiger charge is 2.39. The lowest BCUT2D eigenvalue weighted by Crippen LogP contribution is -2.34. The molecule has 30 heavy (non-hydrogen) atoms. The molecule has 0 saturated carbocycles. The molecular formula is C22H22FN3O2S2. The molecule has 5 nitrogen and oxygen atoms in total. The largest absolute Gasteiger partial charge is 0.369 e. The Bertz CT molecular complexity index is 1030. The highest BCUT2D eigenvalue weighted by atomic mass is 32.2. The number of anilines is 1. The molecule has 0 aliphatic carbocycles. The number of nitrogens with zero attached hydrogens (tertiary/aromatic N) is 3. The summed E-state index contributed by atoms with van der Waals surface area (Å²) in [4.78, 5) is 21.5. The molecule has 1 fully saturated rings. The van der Waals surface area contributed by atoms with Crippen LogP contribution in [0.15, 0.2) is 62.5 Å². The van der Waals surface area contributed by atoms with Gasteiger partial charge in [0.15, 0.2) is 12.0 Å². The summed E-state index contributed by atoms with van der Waals surface area (Å²) in [7, 11) is 1.86. The summed E-state index contributed by atoms with van der Waals surface area (Å²) in [6, 6.07) is 10.6. The van der Waals surface area contributed by atoms with Crippen molar-refractivity contribution in [3.8, 4) is 0 Å². The van der Waals surface area contributed by atoms with Crippen LogP contribution in [0.2, 0.25) is 0 Å². The van der Waals surface area contributed by atoms with Crippen LogP contribution in [0.3, 0.4) is 0 Å². The van der Waals surface area contributed by atoms with Crippen molar-refractivity contribution in [2.75, 3.05) is 18.5 Å². The van der Waals surface area contributed by atoms with E-state index >= 15 is 0 Å². The summed E-state index contributed by atoms with van der Waals surface area (Å²) in [6.45, 7) is 2.08. The maximum Gasteiger partial charge on any atom is 0.162 e. The molecule has 0 radical (unpaired) electrons. The SMILES string of the molecule is CCCC(=O)CN1C(=Cc2ccccn2)SC(=C2Sc3c(F)cccc3N2C)C1O. The van der Waals surface area contributed by atoms with Crippen molar-refractivity contribution in [1.82, 2.24) is 9.88 Å². The van der Waals surface area contributed by atoms with Gasteiger partial charge in [0.1, 0.15) is 5.82 Å². The van der Waals surface area contributed by atoms with E-state index in [0.717, 1.165) is 27.9 Å². The van der Waals surface area contributed by atoms with Crippen molar-refractivity contribution in [3.63, 3.8) is 0 Å². The highest BCUT2D eigenvalue weighted by molar-refractivity contribution is 8.09. The Morgan fingerprint density at radius 3 is 2.80 bits per heavy atom. The van der Waals surface area contributed by atoms with Crippen LogP contribution in [0.25, 0.3) is 6.08 Å². The smallest absolute Gasteiger partial charge is 0.162 e. The number of fused-ring (bicyclic) bond motifs is 1. The molecule has 0 bridgehead atoms. The van der Waals surface area contributed by atoms with Gasteiger partial charge in [-0.1, -0.05) is 42.6 Å². The molecule has 2 aliphatic rings. The van der Waals surface area contributed by atoms with E-state index in [-0.39, 0.29) is 18.1 Å². The maximum atomic E-state index is 14.3. The Balaban J connectivity index is 1.72. The zero-order chi connectivity index (χ0) is 21.3.